The molecule has 0 bridgehead atoms. The fourth-order valence-electron chi connectivity index (χ4n) is 4.44. The molecule has 0 heterocycles. The summed E-state index contributed by atoms with van der Waals surface area (Å²) in [6.45, 7) is 0. The number of nitrogens with two attached hydrogens (primary N) is 2. The summed E-state index contributed by atoms with van der Waals surface area (Å²) in [4.78, 5) is 9.00. The molecule has 0 aromatic heterocycles. The van der Waals surface area contributed by atoms with Gasteiger partial charge in [-0.25, -0.2) is 4.79 Å². The Morgan fingerprint density at radius 2 is 0.450 bits per heavy atom. The predicted molar refractivity (Wildman–Crippen MR) is 168 cm³/mol. The van der Waals surface area contributed by atoms with E-state index in [1.54, 1.807) is 0 Å². The zero-order chi connectivity index (χ0) is 28.0. The second-order valence-corrected chi connectivity index (χ2v) is 8.96. The van der Waals surface area contributed by atoms with E-state index in [9.17, 15) is 0 Å². The average Bonchev–Trinajstić information content (AvgIpc) is 3.03. The largest absolute Gasteiger partial charge is 0.352 e. The third-order valence-electron chi connectivity index (χ3n) is 6.19. The number of benzene rings is 6. The molecule has 6 rings (SSSR count). The lowest BCUT2D eigenvalue weighted by molar-refractivity contribution is 0.256. The Hall–Kier alpha value is -5.41. The van der Waals surface area contributed by atoms with Crippen molar-refractivity contribution in [3.63, 3.8) is 0 Å². The summed E-state index contributed by atoms with van der Waals surface area (Å²) < 4.78 is 0. The third kappa shape index (κ3) is 7.80. The SMILES string of the molecule is NC(N)=O.c1ccc(-c2ccccc2-c2ccccc2)cc1.c1ccc(-c2ccccc2-c2ccccc2)cc1. The summed E-state index contributed by atoms with van der Waals surface area (Å²) >= 11 is 0. The van der Waals surface area contributed by atoms with Gasteiger partial charge in [-0.05, 0) is 44.5 Å². The molecular formula is C37H32N2O. The smallest absolute Gasteiger partial charge is 0.309 e. The lowest BCUT2D eigenvalue weighted by Crippen LogP contribution is -2.18. The van der Waals surface area contributed by atoms with Gasteiger partial charge >= 0.3 is 6.03 Å². The zero-order valence-electron chi connectivity index (χ0n) is 22.2. The summed E-state index contributed by atoms with van der Waals surface area (Å²) in [7, 11) is 0. The van der Waals surface area contributed by atoms with Crippen LogP contribution in [0.2, 0.25) is 0 Å². The number of carbonyl (C=O) groups is 1. The van der Waals surface area contributed by atoms with Crippen LogP contribution in [0.15, 0.2) is 170 Å². The Morgan fingerprint density at radius 1 is 0.300 bits per heavy atom. The van der Waals surface area contributed by atoms with E-state index in [0.29, 0.717) is 0 Å². The van der Waals surface area contributed by atoms with E-state index in [4.69, 9.17) is 4.79 Å². The van der Waals surface area contributed by atoms with Crippen molar-refractivity contribution < 1.29 is 4.79 Å². The number of urea groups is 1. The molecule has 2 amide bonds. The molecule has 6 aromatic carbocycles. The second kappa shape index (κ2) is 14.5. The highest BCUT2D eigenvalue weighted by atomic mass is 16.2. The molecule has 0 saturated heterocycles. The number of carbonyl (C=O) groups excluding carboxylic acids is 1. The van der Waals surface area contributed by atoms with Crippen LogP contribution in [0.25, 0.3) is 44.5 Å². The van der Waals surface area contributed by atoms with Gasteiger partial charge in [0.25, 0.3) is 0 Å². The molecule has 196 valence electrons. The van der Waals surface area contributed by atoms with Gasteiger partial charge < -0.3 is 11.5 Å². The molecule has 3 heteroatoms. The van der Waals surface area contributed by atoms with Gasteiger partial charge in [-0.1, -0.05) is 170 Å². The molecule has 0 radical (unpaired) electrons. The first-order valence-corrected chi connectivity index (χ1v) is 13.1. The van der Waals surface area contributed by atoms with Crippen LogP contribution >= 0.6 is 0 Å². The molecule has 0 aliphatic rings. The highest BCUT2D eigenvalue weighted by Gasteiger charge is 2.06. The Labute approximate surface area is 236 Å². The average molecular weight is 521 g/mol. The second-order valence-electron chi connectivity index (χ2n) is 8.96. The summed E-state index contributed by atoms with van der Waals surface area (Å²) in [5.41, 5.74) is 18.7. The van der Waals surface area contributed by atoms with Gasteiger partial charge in [-0.15, -0.1) is 0 Å². The van der Waals surface area contributed by atoms with Crippen molar-refractivity contribution in [3.05, 3.63) is 170 Å². The number of hydrogen-bond acceptors (Lipinski definition) is 1. The van der Waals surface area contributed by atoms with E-state index in [-0.39, 0.29) is 0 Å². The van der Waals surface area contributed by atoms with E-state index in [2.05, 4.69) is 181 Å². The number of hydrogen-bond donors (Lipinski definition) is 2. The minimum atomic E-state index is -0.833. The molecule has 0 aliphatic heterocycles. The van der Waals surface area contributed by atoms with Crippen molar-refractivity contribution in [1.29, 1.82) is 0 Å². The van der Waals surface area contributed by atoms with Crippen molar-refractivity contribution in [2.45, 2.75) is 0 Å². The summed E-state index contributed by atoms with van der Waals surface area (Å²) in [6, 6.07) is 58.3. The number of primary amides is 2. The Bertz CT molecular complexity index is 1360. The molecule has 0 spiro atoms. The molecule has 3 nitrogen and oxygen atoms in total. The maximum absolute atomic E-state index is 9.00. The van der Waals surface area contributed by atoms with Gasteiger partial charge in [-0.2, -0.15) is 0 Å². The Morgan fingerprint density at radius 3 is 0.625 bits per heavy atom. The molecule has 0 unspecified atom stereocenters. The highest BCUT2D eigenvalue weighted by Crippen LogP contribution is 2.32. The van der Waals surface area contributed by atoms with Crippen molar-refractivity contribution in [2.75, 3.05) is 0 Å². The van der Waals surface area contributed by atoms with Gasteiger partial charge in [0.1, 0.15) is 0 Å². The van der Waals surface area contributed by atoms with Gasteiger partial charge in [0.05, 0.1) is 0 Å². The first-order valence-electron chi connectivity index (χ1n) is 13.1. The number of rotatable bonds is 4. The van der Waals surface area contributed by atoms with Crippen LogP contribution < -0.4 is 11.5 Å². The molecule has 0 saturated carbocycles. The highest BCUT2D eigenvalue weighted by molar-refractivity contribution is 5.84. The third-order valence-corrected chi connectivity index (χ3v) is 6.19. The lowest BCUT2D eigenvalue weighted by Gasteiger charge is -2.09. The van der Waals surface area contributed by atoms with E-state index < -0.39 is 6.03 Å². The van der Waals surface area contributed by atoms with Crippen LogP contribution in [0.4, 0.5) is 4.79 Å². The van der Waals surface area contributed by atoms with Crippen LogP contribution in [-0.2, 0) is 0 Å². The first kappa shape index (κ1) is 27.6. The van der Waals surface area contributed by atoms with Crippen molar-refractivity contribution in [2.24, 2.45) is 11.5 Å². The Kier molecular flexibility index (Phi) is 10.0. The zero-order valence-corrected chi connectivity index (χ0v) is 22.2. The summed E-state index contributed by atoms with van der Waals surface area (Å²) in [6.07, 6.45) is 0. The Balaban J connectivity index is 0.000000164. The van der Waals surface area contributed by atoms with Crippen LogP contribution in [0.1, 0.15) is 0 Å². The fraction of sp³-hybridized carbons (Fsp3) is 0. The maximum atomic E-state index is 9.00. The van der Waals surface area contributed by atoms with Gasteiger partial charge in [0.15, 0.2) is 0 Å². The summed E-state index contributed by atoms with van der Waals surface area (Å²) in [5.74, 6) is 0. The molecular weight excluding hydrogens is 488 g/mol. The minimum absolute atomic E-state index is 0.833. The van der Waals surface area contributed by atoms with E-state index >= 15 is 0 Å². The molecule has 0 aliphatic carbocycles. The van der Waals surface area contributed by atoms with Crippen molar-refractivity contribution in [3.8, 4) is 44.5 Å². The lowest BCUT2D eigenvalue weighted by atomic mass is 9.95. The molecule has 0 atom stereocenters. The molecule has 6 aromatic rings. The summed E-state index contributed by atoms with van der Waals surface area (Å²) in [5, 5.41) is 0. The maximum Gasteiger partial charge on any atom is 0.309 e. The molecule has 0 fully saturated rings. The predicted octanol–water partition coefficient (Wildman–Crippen LogP) is 9.06. The minimum Gasteiger partial charge on any atom is -0.352 e. The van der Waals surface area contributed by atoms with Crippen LogP contribution in [0, 0.1) is 0 Å². The van der Waals surface area contributed by atoms with Crippen LogP contribution in [0.3, 0.4) is 0 Å². The van der Waals surface area contributed by atoms with Gasteiger partial charge in [-0.3, -0.25) is 0 Å². The molecule has 4 N–H and O–H groups in total. The van der Waals surface area contributed by atoms with Crippen LogP contribution in [-0.4, -0.2) is 6.03 Å². The molecule has 40 heavy (non-hydrogen) atoms. The van der Waals surface area contributed by atoms with E-state index in [1.807, 2.05) is 0 Å². The normalized spacial score (nSPS) is 9.80. The standard InChI is InChI=1S/2C18H14.CH4N2O/c2*1-3-9-15(10-4-1)17-13-7-8-14-18(17)16-11-5-2-6-12-16;2-1(3)4/h2*1-14H;(H4,2,3,4). The topological polar surface area (TPSA) is 69.1 Å². The quantitative estimate of drug-likeness (QED) is 0.239. The van der Waals surface area contributed by atoms with E-state index in [0.717, 1.165) is 0 Å². The monoisotopic (exact) mass is 520 g/mol. The van der Waals surface area contributed by atoms with E-state index in [1.165, 1.54) is 44.5 Å². The first-order chi connectivity index (χ1) is 19.6. The van der Waals surface area contributed by atoms with Crippen molar-refractivity contribution >= 4 is 6.03 Å². The van der Waals surface area contributed by atoms with Gasteiger partial charge in [0.2, 0.25) is 0 Å². The van der Waals surface area contributed by atoms with Crippen molar-refractivity contribution in [1.82, 2.24) is 0 Å². The van der Waals surface area contributed by atoms with Gasteiger partial charge in [0, 0.05) is 0 Å². The van der Waals surface area contributed by atoms with Crippen LogP contribution in [0.5, 0.6) is 0 Å². The fourth-order valence-corrected chi connectivity index (χ4v) is 4.44. The number of amides is 2.